The second-order valence-corrected chi connectivity index (χ2v) is 6.95. The maximum absolute atomic E-state index is 6.20. The van der Waals surface area contributed by atoms with Gasteiger partial charge in [-0.15, -0.1) is 22.7 Å². The average molecular weight is 310 g/mol. The van der Waals surface area contributed by atoms with Crippen molar-refractivity contribution < 1.29 is 0 Å². The number of hydrogen-bond donors (Lipinski definition) is 1. The molecule has 0 radical (unpaired) electrons. The molecular formula is C13H12ClN3S2. The fraction of sp³-hybridized carbons (Fsp3) is 0.154. The van der Waals surface area contributed by atoms with Crippen molar-refractivity contribution in [3.63, 3.8) is 0 Å². The van der Waals surface area contributed by atoms with Crippen molar-refractivity contribution >= 4 is 55.9 Å². The van der Waals surface area contributed by atoms with Crippen LogP contribution in [0.1, 0.15) is 4.88 Å². The highest BCUT2D eigenvalue weighted by Crippen LogP contribution is 2.33. The van der Waals surface area contributed by atoms with Gasteiger partial charge in [0.1, 0.15) is 5.52 Å². The number of nitrogens with two attached hydrogens (primary N) is 1. The zero-order chi connectivity index (χ0) is 13.4. The third-order valence-corrected chi connectivity index (χ3v) is 4.96. The van der Waals surface area contributed by atoms with E-state index in [1.54, 1.807) is 22.7 Å². The zero-order valence-corrected chi connectivity index (χ0v) is 12.6. The summed E-state index contributed by atoms with van der Waals surface area (Å²) in [7, 11) is 2.03. The normalized spacial score (nSPS) is 11.1. The number of aromatic nitrogens is 1. The van der Waals surface area contributed by atoms with Crippen LogP contribution in [0.15, 0.2) is 29.8 Å². The van der Waals surface area contributed by atoms with E-state index in [2.05, 4.69) is 16.0 Å². The topological polar surface area (TPSA) is 42.2 Å². The molecule has 0 aliphatic heterocycles. The molecule has 2 heterocycles. The van der Waals surface area contributed by atoms with Crippen LogP contribution >= 0.6 is 34.3 Å². The van der Waals surface area contributed by atoms with Gasteiger partial charge in [0.15, 0.2) is 0 Å². The lowest BCUT2D eigenvalue weighted by Crippen LogP contribution is -2.17. The monoisotopic (exact) mass is 309 g/mol. The second-order valence-electron chi connectivity index (χ2n) is 4.26. The Bertz CT molecular complexity index is 720. The molecule has 2 aromatic heterocycles. The Balaban J connectivity index is 1.92. The van der Waals surface area contributed by atoms with Crippen molar-refractivity contribution in [1.82, 2.24) is 4.98 Å². The average Bonchev–Trinajstić information content (AvgIpc) is 2.99. The molecule has 0 spiro atoms. The number of halogens is 1. The van der Waals surface area contributed by atoms with Crippen LogP contribution < -0.4 is 10.6 Å². The molecule has 0 fully saturated rings. The highest BCUT2D eigenvalue weighted by molar-refractivity contribution is 7.17. The third-order valence-electron chi connectivity index (χ3n) is 2.95. The summed E-state index contributed by atoms with van der Waals surface area (Å²) in [4.78, 5) is 7.66. The number of nitrogen functional groups attached to an aromatic ring is 1. The van der Waals surface area contributed by atoms with Gasteiger partial charge in [0.2, 0.25) is 0 Å². The lowest BCUT2D eigenvalue weighted by Gasteiger charge is -2.20. The van der Waals surface area contributed by atoms with Gasteiger partial charge < -0.3 is 10.6 Å². The summed E-state index contributed by atoms with van der Waals surface area (Å²) >= 11 is 9.15. The summed E-state index contributed by atoms with van der Waals surface area (Å²) in [5, 5.41) is 0. The van der Waals surface area contributed by atoms with Gasteiger partial charge in [-0.1, -0.05) is 11.6 Å². The Morgan fingerprint density at radius 3 is 2.89 bits per heavy atom. The molecule has 0 saturated heterocycles. The molecular weight excluding hydrogens is 298 g/mol. The molecule has 3 nitrogen and oxygen atoms in total. The zero-order valence-electron chi connectivity index (χ0n) is 10.3. The third kappa shape index (κ3) is 2.41. The second kappa shape index (κ2) is 5.00. The SMILES string of the molecule is CN(Cc1ccc(Cl)s1)c1ccc2scnc2c1N. The van der Waals surface area contributed by atoms with Crippen molar-refractivity contribution in [2.75, 3.05) is 17.7 Å². The first kappa shape index (κ1) is 12.7. The molecule has 3 rings (SSSR count). The lowest BCUT2D eigenvalue weighted by atomic mass is 10.2. The molecule has 6 heteroatoms. The maximum atomic E-state index is 6.20. The van der Waals surface area contributed by atoms with E-state index in [1.807, 2.05) is 30.8 Å². The Labute approximate surface area is 124 Å². The van der Waals surface area contributed by atoms with Crippen molar-refractivity contribution in [1.29, 1.82) is 0 Å². The van der Waals surface area contributed by atoms with E-state index in [0.29, 0.717) is 0 Å². The van der Waals surface area contributed by atoms with E-state index in [4.69, 9.17) is 17.3 Å². The first-order valence-electron chi connectivity index (χ1n) is 5.72. The van der Waals surface area contributed by atoms with Crippen molar-refractivity contribution in [3.05, 3.63) is 39.0 Å². The van der Waals surface area contributed by atoms with Crippen LogP contribution in [0.4, 0.5) is 11.4 Å². The maximum Gasteiger partial charge on any atom is 0.106 e. The number of hydrogen-bond acceptors (Lipinski definition) is 5. The van der Waals surface area contributed by atoms with Gasteiger partial charge in [-0.2, -0.15) is 0 Å². The van der Waals surface area contributed by atoms with Gasteiger partial charge in [-0.25, -0.2) is 4.98 Å². The fourth-order valence-electron chi connectivity index (χ4n) is 2.03. The van der Waals surface area contributed by atoms with Crippen molar-refractivity contribution in [3.8, 4) is 0 Å². The number of thiazole rings is 1. The van der Waals surface area contributed by atoms with E-state index >= 15 is 0 Å². The summed E-state index contributed by atoms with van der Waals surface area (Å²) in [6, 6.07) is 8.07. The summed E-state index contributed by atoms with van der Waals surface area (Å²) < 4.78 is 1.93. The van der Waals surface area contributed by atoms with Gasteiger partial charge in [0.05, 0.1) is 32.5 Å². The molecule has 0 aliphatic rings. The Kier molecular flexibility index (Phi) is 3.35. The van der Waals surface area contributed by atoms with Crippen LogP contribution in [0.3, 0.4) is 0 Å². The van der Waals surface area contributed by atoms with Crippen molar-refractivity contribution in [2.45, 2.75) is 6.54 Å². The molecule has 0 saturated carbocycles. The predicted octanol–water partition coefficient (Wildman–Crippen LogP) is 4.23. The predicted molar refractivity (Wildman–Crippen MR) is 85.5 cm³/mol. The Hall–Kier alpha value is -1.30. The van der Waals surface area contributed by atoms with E-state index in [9.17, 15) is 0 Å². The van der Waals surface area contributed by atoms with Gasteiger partial charge in [-0.05, 0) is 24.3 Å². The smallest absolute Gasteiger partial charge is 0.106 e. The number of fused-ring (bicyclic) bond motifs is 1. The molecule has 3 aromatic rings. The van der Waals surface area contributed by atoms with Crippen molar-refractivity contribution in [2.24, 2.45) is 0 Å². The number of nitrogens with zero attached hydrogens (tertiary/aromatic N) is 2. The number of rotatable bonds is 3. The van der Waals surface area contributed by atoms with E-state index in [0.717, 1.165) is 32.5 Å². The molecule has 0 unspecified atom stereocenters. The number of thiophene rings is 1. The molecule has 0 aliphatic carbocycles. The quantitative estimate of drug-likeness (QED) is 0.736. The standard InChI is InChI=1S/C13H12ClN3S2/c1-17(6-8-2-5-11(14)19-8)9-3-4-10-13(12(9)15)16-7-18-10/h2-5,7H,6,15H2,1H3. The summed E-state index contributed by atoms with van der Waals surface area (Å²) in [6.45, 7) is 0.789. The minimum atomic E-state index is 0.740. The van der Waals surface area contributed by atoms with E-state index in [1.165, 1.54) is 4.88 Å². The highest BCUT2D eigenvalue weighted by atomic mass is 35.5. The van der Waals surface area contributed by atoms with Crippen LogP contribution in [-0.2, 0) is 6.54 Å². The summed E-state index contributed by atoms with van der Waals surface area (Å²) in [6.07, 6.45) is 0. The van der Waals surface area contributed by atoms with Crippen LogP contribution in [0.5, 0.6) is 0 Å². The summed E-state index contributed by atoms with van der Waals surface area (Å²) in [5.74, 6) is 0. The molecule has 19 heavy (non-hydrogen) atoms. The molecule has 0 amide bonds. The van der Waals surface area contributed by atoms with Gasteiger partial charge in [0, 0.05) is 11.9 Å². The van der Waals surface area contributed by atoms with Gasteiger partial charge >= 0.3 is 0 Å². The van der Waals surface area contributed by atoms with Gasteiger partial charge in [0.25, 0.3) is 0 Å². The van der Waals surface area contributed by atoms with Crippen LogP contribution in [-0.4, -0.2) is 12.0 Å². The minimum Gasteiger partial charge on any atom is -0.395 e. The number of benzene rings is 1. The summed E-state index contributed by atoms with van der Waals surface area (Å²) in [5.41, 5.74) is 10.7. The van der Waals surface area contributed by atoms with Crippen LogP contribution in [0.25, 0.3) is 10.2 Å². The fourth-order valence-corrected chi connectivity index (χ4v) is 3.86. The lowest BCUT2D eigenvalue weighted by molar-refractivity contribution is 0.943. The number of anilines is 2. The Morgan fingerprint density at radius 2 is 2.16 bits per heavy atom. The van der Waals surface area contributed by atoms with Crippen LogP contribution in [0, 0.1) is 0 Å². The highest BCUT2D eigenvalue weighted by Gasteiger charge is 2.11. The van der Waals surface area contributed by atoms with E-state index in [-0.39, 0.29) is 0 Å². The van der Waals surface area contributed by atoms with E-state index < -0.39 is 0 Å². The molecule has 98 valence electrons. The first-order valence-corrected chi connectivity index (χ1v) is 7.79. The molecule has 0 bridgehead atoms. The largest absolute Gasteiger partial charge is 0.395 e. The molecule has 1 aromatic carbocycles. The molecule has 0 atom stereocenters. The van der Waals surface area contributed by atoms with Gasteiger partial charge in [-0.3, -0.25) is 0 Å². The Morgan fingerprint density at radius 1 is 1.32 bits per heavy atom. The molecule has 2 N–H and O–H groups in total. The first-order chi connectivity index (χ1) is 9.15. The minimum absolute atomic E-state index is 0.740. The van der Waals surface area contributed by atoms with Crippen LogP contribution in [0.2, 0.25) is 4.34 Å².